The molecule has 1 aromatic rings. The average molecular weight is 290 g/mol. The summed E-state index contributed by atoms with van der Waals surface area (Å²) >= 11 is 0. The minimum absolute atomic E-state index is 0.00581. The zero-order valence-electron chi connectivity index (χ0n) is 12.3. The molecule has 0 radical (unpaired) electrons. The van der Waals surface area contributed by atoms with E-state index in [1.54, 1.807) is 4.90 Å². The summed E-state index contributed by atoms with van der Waals surface area (Å²) in [5.41, 5.74) is 3.01. The fraction of sp³-hybridized carbons (Fsp3) is 0.400. The summed E-state index contributed by atoms with van der Waals surface area (Å²) in [7, 11) is 0. The van der Waals surface area contributed by atoms with Crippen molar-refractivity contribution in [1.82, 2.24) is 4.90 Å². The molecule has 21 heavy (non-hydrogen) atoms. The van der Waals surface area contributed by atoms with Crippen molar-refractivity contribution in [1.29, 1.82) is 0 Å². The Bertz CT molecular complexity index is 594. The molecule has 0 aromatic heterocycles. The van der Waals surface area contributed by atoms with Crippen LogP contribution in [-0.2, 0) is 14.4 Å². The number of aryl methyl sites for hydroxylation is 2. The van der Waals surface area contributed by atoms with Crippen molar-refractivity contribution in [3.8, 4) is 0 Å². The van der Waals surface area contributed by atoms with Crippen molar-refractivity contribution in [2.24, 2.45) is 0 Å². The first kappa shape index (κ1) is 15.0. The smallest absolute Gasteiger partial charge is 0.326 e. The van der Waals surface area contributed by atoms with Gasteiger partial charge in [-0.1, -0.05) is 6.07 Å². The molecule has 112 valence electrons. The van der Waals surface area contributed by atoms with Crippen LogP contribution in [0.3, 0.4) is 0 Å². The predicted molar refractivity (Wildman–Crippen MR) is 77.1 cm³/mol. The van der Waals surface area contributed by atoms with Crippen molar-refractivity contribution in [2.45, 2.75) is 26.8 Å². The highest BCUT2D eigenvalue weighted by Crippen LogP contribution is 2.21. The van der Waals surface area contributed by atoms with Gasteiger partial charge in [-0.3, -0.25) is 14.5 Å². The number of anilines is 1. The summed E-state index contributed by atoms with van der Waals surface area (Å²) in [6, 6.07) is 4.59. The lowest BCUT2D eigenvalue weighted by molar-refractivity contribution is -0.157. The van der Waals surface area contributed by atoms with E-state index in [1.807, 2.05) is 32.0 Å². The molecule has 1 N–H and O–H groups in total. The van der Waals surface area contributed by atoms with Gasteiger partial charge in [0.1, 0.15) is 6.04 Å². The second kappa shape index (κ2) is 5.55. The Balaban J connectivity index is 2.22. The van der Waals surface area contributed by atoms with Crippen LogP contribution in [0.5, 0.6) is 0 Å². The van der Waals surface area contributed by atoms with Gasteiger partial charge in [0.05, 0.1) is 13.1 Å². The van der Waals surface area contributed by atoms with Crippen LogP contribution >= 0.6 is 0 Å². The number of piperazine rings is 1. The Morgan fingerprint density at radius 3 is 2.19 bits per heavy atom. The van der Waals surface area contributed by atoms with Gasteiger partial charge in [0, 0.05) is 5.69 Å². The molecule has 1 aliphatic heterocycles. The average Bonchev–Trinajstić information content (AvgIpc) is 2.40. The van der Waals surface area contributed by atoms with Gasteiger partial charge in [-0.2, -0.15) is 0 Å². The van der Waals surface area contributed by atoms with Crippen molar-refractivity contribution >= 4 is 23.5 Å². The molecular formula is C15H18N2O4. The van der Waals surface area contributed by atoms with Crippen LogP contribution in [0.25, 0.3) is 0 Å². The fourth-order valence-corrected chi connectivity index (χ4v) is 2.32. The standard InChI is InChI=1S/C15H18N2O4/c1-9-4-5-12(6-10(9)2)16-7-13(18)17(14(19)8-16)11(3)15(20)21/h4-6,11H,7-8H2,1-3H3,(H,20,21). The molecule has 1 unspecified atom stereocenters. The number of rotatable bonds is 3. The van der Waals surface area contributed by atoms with Gasteiger partial charge in [-0.25, -0.2) is 4.79 Å². The third kappa shape index (κ3) is 2.89. The molecule has 0 bridgehead atoms. The van der Waals surface area contributed by atoms with Crippen molar-refractivity contribution < 1.29 is 19.5 Å². The molecule has 0 saturated carbocycles. The molecule has 6 heteroatoms. The SMILES string of the molecule is Cc1ccc(N2CC(=O)N(C(C)C(=O)O)C(=O)C2)cc1C. The van der Waals surface area contributed by atoms with Crippen LogP contribution in [0, 0.1) is 13.8 Å². The van der Waals surface area contributed by atoms with Crippen LogP contribution < -0.4 is 4.90 Å². The number of carbonyl (C=O) groups excluding carboxylic acids is 2. The van der Waals surface area contributed by atoms with E-state index < -0.39 is 23.8 Å². The summed E-state index contributed by atoms with van der Waals surface area (Å²) in [6.45, 7) is 5.30. The predicted octanol–water partition coefficient (Wildman–Crippen LogP) is 0.952. The highest BCUT2D eigenvalue weighted by atomic mass is 16.4. The first-order valence-corrected chi connectivity index (χ1v) is 6.71. The van der Waals surface area contributed by atoms with Crippen molar-refractivity contribution in [2.75, 3.05) is 18.0 Å². The number of hydrogen-bond acceptors (Lipinski definition) is 4. The summed E-state index contributed by atoms with van der Waals surface area (Å²) < 4.78 is 0. The van der Waals surface area contributed by atoms with Gasteiger partial charge in [0.2, 0.25) is 11.8 Å². The van der Waals surface area contributed by atoms with E-state index in [4.69, 9.17) is 5.11 Å². The van der Waals surface area contributed by atoms with E-state index in [1.165, 1.54) is 6.92 Å². The molecule has 1 saturated heterocycles. The maximum atomic E-state index is 12.1. The van der Waals surface area contributed by atoms with Crippen LogP contribution in [0.1, 0.15) is 18.1 Å². The number of benzene rings is 1. The van der Waals surface area contributed by atoms with Crippen molar-refractivity contribution in [3.05, 3.63) is 29.3 Å². The molecular weight excluding hydrogens is 272 g/mol. The van der Waals surface area contributed by atoms with E-state index in [0.717, 1.165) is 21.7 Å². The number of nitrogens with zero attached hydrogens (tertiary/aromatic N) is 2. The number of imide groups is 1. The van der Waals surface area contributed by atoms with Crippen LogP contribution in [0.2, 0.25) is 0 Å². The second-order valence-corrected chi connectivity index (χ2v) is 5.30. The summed E-state index contributed by atoms with van der Waals surface area (Å²) in [5.74, 6) is -2.16. The van der Waals surface area contributed by atoms with Gasteiger partial charge >= 0.3 is 5.97 Å². The molecule has 0 aliphatic carbocycles. The normalized spacial score (nSPS) is 17.1. The number of carbonyl (C=O) groups is 3. The van der Waals surface area contributed by atoms with Gasteiger partial charge in [-0.05, 0) is 44.0 Å². The molecule has 1 aromatic carbocycles. The topological polar surface area (TPSA) is 77.9 Å². The molecule has 1 aliphatic rings. The summed E-state index contributed by atoms with van der Waals surface area (Å²) in [6.07, 6.45) is 0. The van der Waals surface area contributed by atoms with E-state index in [2.05, 4.69) is 0 Å². The third-order valence-electron chi connectivity index (χ3n) is 3.79. The zero-order chi connectivity index (χ0) is 15.7. The number of hydrogen-bond donors (Lipinski definition) is 1. The van der Waals surface area contributed by atoms with E-state index >= 15 is 0 Å². The number of carboxylic acid groups (broad SMARTS) is 1. The van der Waals surface area contributed by atoms with Gasteiger partial charge in [0.15, 0.2) is 0 Å². The van der Waals surface area contributed by atoms with E-state index in [-0.39, 0.29) is 13.1 Å². The molecule has 1 heterocycles. The Morgan fingerprint density at radius 2 is 1.71 bits per heavy atom. The Kier molecular flexibility index (Phi) is 3.97. The van der Waals surface area contributed by atoms with Crippen LogP contribution in [0.4, 0.5) is 5.69 Å². The largest absolute Gasteiger partial charge is 0.480 e. The lowest BCUT2D eigenvalue weighted by Crippen LogP contribution is -2.58. The van der Waals surface area contributed by atoms with Crippen molar-refractivity contribution in [3.63, 3.8) is 0 Å². The fourth-order valence-electron chi connectivity index (χ4n) is 2.32. The first-order valence-electron chi connectivity index (χ1n) is 6.71. The first-order chi connectivity index (χ1) is 9.81. The number of amides is 2. The van der Waals surface area contributed by atoms with Crippen LogP contribution in [-0.4, -0.2) is 46.9 Å². The van der Waals surface area contributed by atoms with Crippen LogP contribution in [0.15, 0.2) is 18.2 Å². The number of carboxylic acids is 1. The lowest BCUT2D eigenvalue weighted by Gasteiger charge is -2.35. The highest BCUT2D eigenvalue weighted by molar-refractivity contribution is 6.05. The number of aliphatic carboxylic acids is 1. The molecule has 2 amide bonds. The molecule has 1 fully saturated rings. The lowest BCUT2D eigenvalue weighted by atomic mass is 10.1. The zero-order valence-corrected chi connectivity index (χ0v) is 12.3. The molecule has 1 atom stereocenters. The van der Waals surface area contributed by atoms with Gasteiger partial charge in [-0.15, -0.1) is 0 Å². The molecule has 0 spiro atoms. The monoisotopic (exact) mass is 290 g/mol. The summed E-state index contributed by atoms with van der Waals surface area (Å²) in [4.78, 5) is 37.6. The minimum atomic E-state index is -1.18. The summed E-state index contributed by atoms with van der Waals surface area (Å²) in [5, 5.41) is 8.96. The van der Waals surface area contributed by atoms with Gasteiger partial charge in [0.25, 0.3) is 0 Å². The van der Waals surface area contributed by atoms with E-state index in [9.17, 15) is 14.4 Å². The van der Waals surface area contributed by atoms with E-state index in [0.29, 0.717) is 0 Å². The second-order valence-electron chi connectivity index (χ2n) is 5.30. The maximum absolute atomic E-state index is 12.1. The molecule has 6 nitrogen and oxygen atoms in total. The highest BCUT2D eigenvalue weighted by Gasteiger charge is 2.37. The van der Waals surface area contributed by atoms with Gasteiger partial charge < -0.3 is 10.0 Å². The Morgan fingerprint density at radius 1 is 1.14 bits per heavy atom. The third-order valence-corrected chi connectivity index (χ3v) is 3.79. The Labute approximate surface area is 123 Å². The minimum Gasteiger partial charge on any atom is -0.480 e. The molecule has 2 rings (SSSR count). The quantitative estimate of drug-likeness (QED) is 0.839. The maximum Gasteiger partial charge on any atom is 0.326 e. The Hall–Kier alpha value is -2.37.